The average molecular weight is 415 g/mol. The first-order chi connectivity index (χ1) is 14.2. The zero-order valence-corrected chi connectivity index (χ0v) is 17.1. The van der Waals surface area contributed by atoms with E-state index in [1.807, 2.05) is 18.2 Å². The van der Waals surface area contributed by atoms with Crippen LogP contribution in [0, 0.1) is 5.82 Å². The van der Waals surface area contributed by atoms with E-state index in [-0.39, 0.29) is 18.3 Å². The SMILES string of the molecule is CC(C)(Oc1cccc([C@@H]2CCCN(C(=O)OCc3ccc(F)cc3)C2)c1)C(=O)O. The van der Waals surface area contributed by atoms with Gasteiger partial charge in [0.05, 0.1) is 0 Å². The third-order valence-corrected chi connectivity index (χ3v) is 5.17. The van der Waals surface area contributed by atoms with Crippen LogP contribution in [-0.2, 0) is 16.1 Å². The molecule has 0 bridgehead atoms. The lowest BCUT2D eigenvalue weighted by atomic mass is 9.90. The first-order valence-electron chi connectivity index (χ1n) is 9.93. The van der Waals surface area contributed by atoms with Gasteiger partial charge in [-0.2, -0.15) is 0 Å². The van der Waals surface area contributed by atoms with E-state index in [9.17, 15) is 19.1 Å². The summed E-state index contributed by atoms with van der Waals surface area (Å²) < 4.78 is 24.0. The lowest BCUT2D eigenvalue weighted by molar-refractivity contribution is -0.152. The molecule has 3 rings (SSSR count). The molecule has 1 heterocycles. The zero-order valence-electron chi connectivity index (χ0n) is 17.1. The molecule has 1 atom stereocenters. The van der Waals surface area contributed by atoms with Crippen molar-refractivity contribution in [3.63, 3.8) is 0 Å². The highest BCUT2D eigenvalue weighted by Crippen LogP contribution is 2.30. The van der Waals surface area contributed by atoms with Crippen LogP contribution >= 0.6 is 0 Å². The first kappa shape index (κ1) is 21.6. The Bertz CT molecular complexity index is 897. The Morgan fingerprint density at radius 2 is 1.93 bits per heavy atom. The summed E-state index contributed by atoms with van der Waals surface area (Å²) >= 11 is 0. The van der Waals surface area contributed by atoms with Gasteiger partial charge >= 0.3 is 12.1 Å². The number of hydrogen-bond acceptors (Lipinski definition) is 4. The van der Waals surface area contributed by atoms with Crippen LogP contribution in [0.4, 0.5) is 9.18 Å². The number of ether oxygens (including phenoxy) is 2. The normalized spacial score (nSPS) is 16.8. The predicted molar refractivity (Wildman–Crippen MR) is 109 cm³/mol. The van der Waals surface area contributed by atoms with Gasteiger partial charge in [-0.05, 0) is 62.1 Å². The minimum absolute atomic E-state index is 0.0911. The fourth-order valence-electron chi connectivity index (χ4n) is 3.40. The third kappa shape index (κ3) is 5.49. The van der Waals surface area contributed by atoms with Gasteiger partial charge in [-0.3, -0.25) is 0 Å². The maximum absolute atomic E-state index is 13.0. The Morgan fingerprint density at radius 1 is 1.20 bits per heavy atom. The van der Waals surface area contributed by atoms with Crippen LogP contribution in [0.15, 0.2) is 48.5 Å². The molecule has 2 aromatic rings. The second-order valence-electron chi connectivity index (χ2n) is 7.96. The van der Waals surface area contributed by atoms with E-state index in [4.69, 9.17) is 9.47 Å². The second-order valence-corrected chi connectivity index (χ2v) is 7.96. The maximum atomic E-state index is 13.0. The van der Waals surface area contributed by atoms with Crippen LogP contribution in [-0.4, -0.2) is 40.8 Å². The van der Waals surface area contributed by atoms with Crippen LogP contribution < -0.4 is 4.74 Å². The smallest absolute Gasteiger partial charge is 0.410 e. The van der Waals surface area contributed by atoms with Gasteiger partial charge in [-0.15, -0.1) is 0 Å². The quantitative estimate of drug-likeness (QED) is 0.747. The number of carboxylic acids is 1. The molecule has 160 valence electrons. The van der Waals surface area contributed by atoms with E-state index in [0.29, 0.717) is 18.8 Å². The van der Waals surface area contributed by atoms with Gasteiger partial charge < -0.3 is 19.5 Å². The summed E-state index contributed by atoms with van der Waals surface area (Å²) in [7, 11) is 0. The summed E-state index contributed by atoms with van der Waals surface area (Å²) in [4.78, 5) is 25.5. The molecule has 0 spiro atoms. The van der Waals surface area contributed by atoms with Gasteiger partial charge in [0.2, 0.25) is 0 Å². The van der Waals surface area contributed by atoms with Crippen LogP contribution in [0.2, 0.25) is 0 Å². The molecule has 7 heteroatoms. The topological polar surface area (TPSA) is 76.1 Å². The van der Waals surface area contributed by atoms with Gasteiger partial charge in [0.1, 0.15) is 18.2 Å². The Labute approximate surface area is 175 Å². The van der Waals surface area contributed by atoms with Crippen molar-refractivity contribution in [1.82, 2.24) is 4.90 Å². The molecule has 1 saturated heterocycles. The number of likely N-dealkylation sites (tertiary alicyclic amines) is 1. The van der Waals surface area contributed by atoms with E-state index < -0.39 is 17.7 Å². The van der Waals surface area contributed by atoms with Crippen molar-refractivity contribution >= 4 is 12.1 Å². The lowest BCUT2D eigenvalue weighted by Gasteiger charge is -2.32. The van der Waals surface area contributed by atoms with Crippen LogP contribution in [0.25, 0.3) is 0 Å². The van der Waals surface area contributed by atoms with Gasteiger partial charge in [0.25, 0.3) is 0 Å². The fourth-order valence-corrected chi connectivity index (χ4v) is 3.40. The molecule has 0 radical (unpaired) electrons. The number of amides is 1. The Balaban J connectivity index is 1.61. The molecular weight excluding hydrogens is 389 g/mol. The summed E-state index contributed by atoms with van der Waals surface area (Å²) in [6, 6.07) is 13.2. The van der Waals surface area contributed by atoms with E-state index in [0.717, 1.165) is 24.0 Å². The molecule has 1 fully saturated rings. The number of carbonyl (C=O) groups excluding carboxylic acids is 1. The minimum Gasteiger partial charge on any atom is -0.478 e. The summed E-state index contributed by atoms with van der Waals surface area (Å²) in [6.45, 7) is 4.21. The molecule has 1 aliphatic rings. The fraction of sp³-hybridized carbons (Fsp3) is 0.391. The van der Waals surface area contributed by atoms with Crippen LogP contribution in [0.5, 0.6) is 5.75 Å². The predicted octanol–water partition coefficient (Wildman–Crippen LogP) is 4.58. The standard InChI is InChI=1S/C23H26FNO5/c1-23(2,21(26)27)30-20-7-3-5-17(13-20)18-6-4-12-25(14-18)22(28)29-15-16-8-10-19(24)11-9-16/h3,5,7-11,13,18H,4,6,12,14-15H2,1-2H3,(H,26,27)/t18-/m1/s1. The molecule has 0 saturated carbocycles. The molecule has 0 aromatic heterocycles. The van der Waals surface area contributed by atoms with Crippen LogP contribution in [0.3, 0.4) is 0 Å². The number of benzene rings is 2. The monoisotopic (exact) mass is 415 g/mol. The molecule has 2 aromatic carbocycles. The number of nitrogens with zero attached hydrogens (tertiary/aromatic N) is 1. The second kappa shape index (κ2) is 9.15. The highest BCUT2D eigenvalue weighted by atomic mass is 19.1. The van der Waals surface area contributed by atoms with Crippen molar-refractivity contribution in [3.8, 4) is 5.75 Å². The van der Waals surface area contributed by atoms with E-state index >= 15 is 0 Å². The molecule has 0 unspecified atom stereocenters. The van der Waals surface area contributed by atoms with Crippen molar-refractivity contribution in [2.24, 2.45) is 0 Å². The third-order valence-electron chi connectivity index (χ3n) is 5.17. The largest absolute Gasteiger partial charge is 0.478 e. The maximum Gasteiger partial charge on any atom is 0.410 e. The van der Waals surface area contributed by atoms with Gasteiger partial charge in [-0.25, -0.2) is 14.0 Å². The lowest BCUT2D eigenvalue weighted by Crippen LogP contribution is -2.39. The summed E-state index contributed by atoms with van der Waals surface area (Å²) in [5.41, 5.74) is 0.385. The number of carboxylic acid groups (broad SMARTS) is 1. The number of carbonyl (C=O) groups is 2. The van der Waals surface area contributed by atoms with E-state index in [2.05, 4.69) is 0 Å². The summed E-state index contributed by atoms with van der Waals surface area (Å²) in [5.74, 6) is -0.785. The summed E-state index contributed by atoms with van der Waals surface area (Å²) in [5, 5.41) is 9.26. The van der Waals surface area contributed by atoms with Crippen LogP contribution in [0.1, 0.15) is 43.7 Å². The molecule has 30 heavy (non-hydrogen) atoms. The van der Waals surface area contributed by atoms with Crippen molar-refractivity contribution in [1.29, 1.82) is 0 Å². The van der Waals surface area contributed by atoms with Gasteiger partial charge in [-0.1, -0.05) is 24.3 Å². The number of aliphatic carboxylic acids is 1. The Kier molecular flexibility index (Phi) is 6.59. The summed E-state index contributed by atoms with van der Waals surface area (Å²) in [6.07, 6.45) is 1.35. The van der Waals surface area contributed by atoms with Crippen molar-refractivity contribution in [2.75, 3.05) is 13.1 Å². The molecule has 1 N–H and O–H groups in total. The Morgan fingerprint density at radius 3 is 2.63 bits per heavy atom. The molecule has 1 aliphatic heterocycles. The first-order valence-corrected chi connectivity index (χ1v) is 9.93. The van der Waals surface area contributed by atoms with Crippen molar-refractivity contribution < 1.29 is 28.6 Å². The van der Waals surface area contributed by atoms with E-state index in [1.165, 1.54) is 26.0 Å². The van der Waals surface area contributed by atoms with Gasteiger partial charge in [0, 0.05) is 19.0 Å². The molecule has 0 aliphatic carbocycles. The van der Waals surface area contributed by atoms with E-state index in [1.54, 1.807) is 23.1 Å². The Hall–Kier alpha value is -3.09. The highest BCUT2D eigenvalue weighted by Gasteiger charge is 2.30. The van der Waals surface area contributed by atoms with Crippen molar-refractivity contribution in [2.45, 2.75) is 44.8 Å². The van der Waals surface area contributed by atoms with Gasteiger partial charge in [0.15, 0.2) is 5.60 Å². The number of halogens is 1. The zero-order chi connectivity index (χ0) is 21.7. The minimum atomic E-state index is -1.33. The average Bonchev–Trinajstić information content (AvgIpc) is 2.73. The number of rotatable bonds is 6. The van der Waals surface area contributed by atoms with Crippen molar-refractivity contribution in [3.05, 3.63) is 65.5 Å². The number of hydrogen-bond donors (Lipinski definition) is 1. The highest BCUT2D eigenvalue weighted by molar-refractivity contribution is 5.76. The number of piperidine rings is 1. The molecular formula is C23H26FNO5. The molecule has 1 amide bonds. The molecule has 6 nitrogen and oxygen atoms in total.